The molecule has 0 radical (unpaired) electrons. The Bertz CT molecular complexity index is 473. The third-order valence-corrected chi connectivity index (χ3v) is 3.92. The first-order valence-electron chi connectivity index (χ1n) is 9.19. The smallest absolute Gasteiger partial charge is 0.191 e. The van der Waals surface area contributed by atoms with Crippen LogP contribution in [-0.2, 0) is 11.3 Å². The van der Waals surface area contributed by atoms with Crippen LogP contribution in [0, 0.1) is 0 Å². The molecule has 6 heteroatoms. The molecule has 0 atom stereocenters. The molecule has 0 aliphatic rings. The average Bonchev–Trinajstić information content (AvgIpc) is 2.66. The Kier molecular flexibility index (Phi) is 11.5. The summed E-state index contributed by atoms with van der Waals surface area (Å²) in [5.41, 5.74) is 1.18. The van der Waals surface area contributed by atoms with Gasteiger partial charge in [0.2, 0.25) is 0 Å². The molecular formula is C19H34N4O2. The minimum absolute atomic E-state index is 0.677. The van der Waals surface area contributed by atoms with Crippen LogP contribution in [-0.4, -0.2) is 63.9 Å². The van der Waals surface area contributed by atoms with Gasteiger partial charge >= 0.3 is 0 Å². The zero-order valence-corrected chi connectivity index (χ0v) is 16.2. The molecule has 0 bridgehead atoms. The van der Waals surface area contributed by atoms with Gasteiger partial charge in [-0.1, -0.05) is 26.0 Å². The van der Waals surface area contributed by atoms with E-state index in [1.54, 1.807) is 7.05 Å². The van der Waals surface area contributed by atoms with Gasteiger partial charge < -0.3 is 25.0 Å². The molecule has 1 rings (SSSR count). The number of ether oxygens (including phenoxy) is 2. The highest BCUT2D eigenvalue weighted by Gasteiger charge is 2.01. The molecule has 142 valence electrons. The van der Waals surface area contributed by atoms with Crippen LogP contribution in [0.3, 0.4) is 0 Å². The van der Waals surface area contributed by atoms with Crippen molar-refractivity contribution < 1.29 is 9.47 Å². The number of guanidine groups is 1. The first kappa shape index (κ1) is 21.3. The van der Waals surface area contributed by atoms with Gasteiger partial charge in [-0.15, -0.1) is 0 Å². The van der Waals surface area contributed by atoms with E-state index in [0.29, 0.717) is 13.2 Å². The quantitative estimate of drug-likeness (QED) is 0.343. The maximum absolute atomic E-state index is 5.81. The fourth-order valence-electron chi connectivity index (χ4n) is 2.33. The summed E-state index contributed by atoms with van der Waals surface area (Å²) in [4.78, 5) is 6.55. The average molecular weight is 351 g/mol. The second kappa shape index (κ2) is 13.5. The van der Waals surface area contributed by atoms with Crippen LogP contribution in [0.4, 0.5) is 0 Å². The molecule has 0 aliphatic carbocycles. The predicted molar refractivity (Wildman–Crippen MR) is 104 cm³/mol. The molecule has 25 heavy (non-hydrogen) atoms. The lowest BCUT2D eigenvalue weighted by Gasteiger charge is -2.18. The number of hydrogen-bond donors (Lipinski definition) is 2. The van der Waals surface area contributed by atoms with Crippen LogP contribution >= 0.6 is 0 Å². The SMILES string of the molecule is CCOCCNC(=NC)NCc1ccc(OCCN(CC)CC)cc1. The molecule has 0 unspecified atom stereocenters. The molecule has 0 aliphatic heterocycles. The van der Waals surface area contributed by atoms with Gasteiger partial charge in [0.15, 0.2) is 5.96 Å². The summed E-state index contributed by atoms with van der Waals surface area (Å²) < 4.78 is 11.1. The molecule has 0 aromatic heterocycles. The lowest BCUT2D eigenvalue weighted by molar-refractivity contribution is 0.152. The highest BCUT2D eigenvalue weighted by Crippen LogP contribution is 2.12. The number of hydrogen-bond acceptors (Lipinski definition) is 4. The van der Waals surface area contributed by atoms with Gasteiger partial charge in [0.05, 0.1) is 6.61 Å². The molecular weight excluding hydrogens is 316 g/mol. The zero-order valence-electron chi connectivity index (χ0n) is 16.2. The van der Waals surface area contributed by atoms with Crippen molar-refractivity contribution in [3.63, 3.8) is 0 Å². The summed E-state index contributed by atoms with van der Waals surface area (Å²) in [6.07, 6.45) is 0. The van der Waals surface area contributed by atoms with E-state index in [1.807, 2.05) is 19.1 Å². The van der Waals surface area contributed by atoms with E-state index in [9.17, 15) is 0 Å². The van der Waals surface area contributed by atoms with E-state index in [-0.39, 0.29) is 0 Å². The van der Waals surface area contributed by atoms with Crippen molar-refractivity contribution in [3.05, 3.63) is 29.8 Å². The van der Waals surface area contributed by atoms with E-state index in [0.717, 1.165) is 51.1 Å². The highest BCUT2D eigenvalue weighted by molar-refractivity contribution is 5.79. The van der Waals surface area contributed by atoms with E-state index in [4.69, 9.17) is 9.47 Å². The standard InChI is InChI=1S/C19H34N4O2/c1-5-23(6-2)13-15-25-18-10-8-17(9-11-18)16-22-19(20-4)21-12-14-24-7-3/h8-11H,5-7,12-16H2,1-4H3,(H2,20,21,22). The highest BCUT2D eigenvalue weighted by atomic mass is 16.5. The van der Waals surface area contributed by atoms with Crippen molar-refractivity contribution >= 4 is 5.96 Å². The van der Waals surface area contributed by atoms with Crippen molar-refractivity contribution in [1.29, 1.82) is 0 Å². The second-order valence-electron chi connectivity index (χ2n) is 5.57. The number of benzene rings is 1. The van der Waals surface area contributed by atoms with Gasteiger partial charge in [0.1, 0.15) is 12.4 Å². The fraction of sp³-hybridized carbons (Fsp3) is 0.632. The van der Waals surface area contributed by atoms with Crippen LogP contribution in [0.1, 0.15) is 26.3 Å². The minimum atomic E-state index is 0.677. The zero-order chi connectivity index (χ0) is 18.3. The van der Waals surface area contributed by atoms with Crippen molar-refractivity contribution in [3.8, 4) is 5.75 Å². The summed E-state index contributed by atoms with van der Waals surface area (Å²) in [5.74, 6) is 1.69. The van der Waals surface area contributed by atoms with Crippen LogP contribution < -0.4 is 15.4 Å². The van der Waals surface area contributed by atoms with Crippen LogP contribution in [0.25, 0.3) is 0 Å². The van der Waals surface area contributed by atoms with Gasteiger partial charge in [0.25, 0.3) is 0 Å². The molecule has 1 aromatic rings. The fourth-order valence-corrected chi connectivity index (χ4v) is 2.33. The van der Waals surface area contributed by atoms with Gasteiger partial charge in [-0.3, -0.25) is 4.99 Å². The van der Waals surface area contributed by atoms with E-state index >= 15 is 0 Å². The molecule has 0 saturated carbocycles. The predicted octanol–water partition coefficient (Wildman–Crippen LogP) is 2.11. The summed E-state index contributed by atoms with van der Waals surface area (Å²) in [6.45, 7) is 13.0. The van der Waals surface area contributed by atoms with Gasteiger partial charge in [0, 0.05) is 33.3 Å². The molecule has 1 aromatic carbocycles. The number of nitrogens with one attached hydrogen (secondary N) is 2. The van der Waals surface area contributed by atoms with Gasteiger partial charge in [-0.2, -0.15) is 0 Å². The Morgan fingerprint density at radius 2 is 1.76 bits per heavy atom. The topological polar surface area (TPSA) is 58.1 Å². The van der Waals surface area contributed by atoms with Crippen LogP contribution in [0.5, 0.6) is 5.75 Å². The molecule has 0 spiro atoms. The maximum atomic E-state index is 5.81. The molecule has 0 heterocycles. The monoisotopic (exact) mass is 350 g/mol. The summed E-state index contributed by atoms with van der Waals surface area (Å²) in [6, 6.07) is 8.19. The number of likely N-dealkylation sites (N-methyl/N-ethyl adjacent to an activating group) is 1. The Morgan fingerprint density at radius 1 is 1.04 bits per heavy atom. The first-order valence-corrected chi connectivity index (χ1v) is 9.19. The largest absolute Gasteiger partial charge is 0.492 e. The first-order chi connectivity index (χ1) is 12.2. The van der Waals surface area contributed by atoms with Crippen LogP contribution in [0.2, 0.25) is 0 Å². The van der Waals surface area contributed by atoms with E-state index in [2.05, 4.69) is 46.5 Å². The van der Waals surface area contributed by atoms with Crippen molar-refractivity contribution in [2.24, 2.45) is 4.99 Å². The lowest BCUT2D eigenvalue weighted by atomic mass is 10.2. The van der Waals surface area contributed by atoms with Crippen molar-refractivity contribution in [2.75, 3.05) is 53.0 Å². The Morgan fingerprint density at radius 3 is 2.36 bits per heavy atom. The molecule has 6 nitrogen and oxygen atoms in total. The van der Waals surface area contributed by atoms with Gasteiger partial charge in [-0.25, -0.2) is 0 Å². The molecule has 0 fully saturated rings. The maximum Gasteiger partial charge on any atom is 0.191 e. The van der Waals surface area contributed by atoms with Crippen LogP contribution in [0.15, 0.2) is 29.3 Å². The van der Waals surface area contributed by atoms with Crippen molar-refractivity contribution in [2.45, 2.75) is 27.3 Å². The van der Waals surface area contributed by atoms with E-state index in [1.165, 1.54) is 5.56 Å². The Hall–Kier alpha value is -1.79. The normalized spacial score (nSPS) is 11.6. The minimum Gasteiger partial charge on any atom is -0.492 e. The van der Waals surface area contributed by atoms with Crippen molar-refractivity contribution in [1.82, 2.24) is 15.5 Å². The van der Waals surface area contributed by atoms with E-state index < -0.39 is 0 Å². The Balaban J connectivity index is 2.31. The Labute approximate surface area is 152 Å². The third-order valence-electron chi connectivity index (χ3n) is 3.92. The lowest BCUT2D eigenvalue weighted by Crippen LogP contribution is -2.38. The summed E-state index contributed by atoms with van der Waals surface area (Å²) in [5, 5.41) is 6.51. The number of rotatable bonds is 12. The third kappa shape index (κ3) is 9.31. The molecule has 2 N–H and O–H groups in total. The number of nitrogens with zero attached hydrogens (tertiary/aromatic N) is 2. The summed E-state index contributed by atoms with van der Waals surface area (Å²) >= 11 is 0. The number of aliphatic imine (C=N–C) groups is 1. The summed E-state index contributed by atoms with van der Waals surface area (Å²) in [7, 11) is 1.77. The molecule has 0 saturated heterocycles. The second-order valence-corrected chi connectivity index (χ2v) is 5.57. The van der Waals surface area contributed by atoms with Gasteiger partial charge in [-0.05, 0) is 37.7 Å². The molecule has 0 amide bonds.